The van der Waals surface area contributed by atoms with Gasteiger partial charge in [0.1, 0.15) is 17.8 Å². The molecule has 0 unspecified atom stereocenters. The molecular formula is C18H16ClFN6O. The number of carbonyl (C=O) groups is 1. The normalized spacial score (nSPS) is 10.3. The number of nitrogen functional groups attached to an aromatic ring is 1. The molecular weight excluding hydrogens is 371 g/mol. The summed E-state index contributed by atoms with van der Waals surface area (Å²) in [6, 6.07) is 11.0. The summed E-state index contributed by atoms with van der Waals surface area (Å²) in [7, 11) is 0. The van der Waals surface area contributed by atoms with Crippen LogP contribution in [-0.2, 0) is 0 Å². The minimum absolute atomic E-state index is 0.106. The van der Waals surface area contributed by atoms with Gasteiger partial charge in [-0.2, -0.15) is 0 Å². The van der Waals surface area contributed by atoms with Crippen LogP contribution in [0.15, 0.2) is 48.8 Å². The van der Waals surface area contributed by atoms with Crippen molar-refractivity contribution in [2.45, 2.75) is 6.92 Å². The van der Waals surface area contributed by atoms with E-state index < -0.39 is 11.7 Å². The van der Waals surface area contributed by atoms with Crippen molar-refractivity contribution < 1.29 is 9.18 Å². The molecule has 1 amide bonds. The van der Waals surface area contributed by atoms with E-state index in [1.165, 1.54) is 24.5 Å². The number of nitrogens with zero attached hydrogens (tertiary/aromatic N) is 2. The molecule has 0 aliphatic heterocycles. The SMILES string of the molecule is Cc1ccc(Nc2ncnc(NNC(=O)c3ccccc3F)c2N)cc1Cl. The highest BCUT2D eigenvalue weighted by molar-refractivity contribution is 6.31. The molecule has 0 aliphatic rings. The van der Waals surface area contributed by atoms with Gasteiger partial charge in [0, 0.05) is 10.7 Å². The standard InChI is InChI=1S/C18H16ClFN6O/c1-10-6-7-11(8-13(10)19)24-16-15(21)17(23-9-22-16)25-26-18(27)12-4-2-3-5-14(12)20/h2-9H,21H2,1H3,(H,26,27)(H2,22,23,24,25). The summed E-state index contributed by atoms with van der Waals surface area (Å²) >= 11 is 6.11. The zero-order chi connectivity index (χ0) is 19.4. The summed E-state index contributed by atoms with van der Waals surface area (Å²) in [5, 5.41) is 3.64. The number of nitrogens with one attached hydrogen (secondary N) is 3. The molecule has 0 radical (unpaired) electrons. The van der Waals surface area contributed by atoms with E-state index >= 15 is 0 Å². The Kier molecular flexibility index (Phi) is 5.37. The van der Waals surface area contributed by atoms with E-state index in [1.807, 2.05) is 19.1 Å². The Labute approximate surface area is 159 Å². The Bertz CT molecular complexity index is 997. The van der Waals surface area contributed by atoms with Crippen LogP contribution in [0.1, 0.15) is 15.9 Å². The van der Waals surface area contributed by atoms with Crippen LogP contribution in [0.4, 0.5) is 27.4 Å². The highest BCUT2D eigenvalue weighted by atomic mass is 35.5. The number of benzene rings is 2. The minimum atomic E-state index is -0.661. The van der Waals surface area contributed by atoms with Crippen molar-refractivity contribution in [3.8, 4) is 0 Å². The lowest BCUT2D eigenvalue weighted by Gasteiger charge is -2.13. The van der Waals surface area contributed by atoms with E-state index in [1.54, 1.807) is 12.1 Å². The molecule has 0 spiro atoms. The van der Waals surface area contributed by atoms with Crippen molar-refractivity contribution in [3.05, 3.63) is 70.8 Å². The Balaban J connectivity index is 1.74. The second-order valence-corrected chi connectivity index (χ2v) is 6.04. The van der Waals surface area contributed by atoms with Crippen LogP contribution < -0.4 is 21.9 Å². The maximum atomic E-state index is 13.7. The first-order chi connectivity index (χ1) is 13.0. The fourth-order valence-electron chi connectivity index (χ4n) is 2.23. The first kappa shape index (κ1) is 18.4. The predicted octanol–water partition coefficient (Wildman–Crippen LogP) is 3.66. The number of anilines is 4. The fraction of sp³-hybridized carbons (Fsp3) is 0.0556. The first-order valence-corrected chi connectivity index (χ1v) is 8.28. The maximum absolute atomic E-state index is 13.7. The van der Waals surface area contributed by atoms with Crippen molar-refractivity contribution in [3.63, 3.8) is 0 Å². The van der Waals surface area contributed by atoms with E-state index in [0.29, 0.717) is 16.5 Å². The molecule has 7 nitrogen and oxygen atoms in total. The van der Waals surface area contributed by atoms with Crippen molar-refractivity contribution in [1.82, 2.24) is 15.4 Å². The molecule has 0 atom stereocenters. The number of hydrogen-bond acceptors (Lipinski definition) is 6. The Morgan fingerprint density at radius 1 is 1.15 bits per heavy atom. The first-order valence-electron chi connectivity index (χ1n) is 7.90. The molecule has 0 bridgehead atoms. The lowest BCUT2D eigenvalue weighted by atomic mass is 10.2. The van der Waals surface area contributed by atoms with Gasteiger partial charge in [-0.1, -0.05) is 29.8 Å². The van der Waals surface area contributed by atoms with Crippen LogP contribution in [0.2, 0.25) is 5.02 Å². The maximum Gasteiger partial charge on any atom is 0.272 e. The van der Waals surface area contributed by atoms with E-state index in [2.05, 4.69) is 26.1 Å². The predicted molar refractivity (Wildman–Crippen MR) is 103 cm³/mol. The third kappa shape index (κ3) is 4.24. The van der Waals surface area contributed by atoms with E-state index in [9.17, 15) is 9.18 Å². The monoisotopic (exact) mass is 386 g/mol. The number of carbonyl (C=O) groups excluding carboxylic acids is 1. The second-order valence-electron chi connectivity index (χ2n) is 5.63. The minimum Gasteiger partial charge on any atom is -0.393 e. The smallest absolute Gasteiger partial charge is 0.272 e. The highest BCUT2D eigenvalue weighted by Crippen LogP contribution is 2.27. The van der Waals surface area contributed by atoms with Crippen molar-refractivity contribution >= 4 is 40.5 Å². The number of amides is 1. The van der Waals surface area contributed by atoms with Crippen LogP contribution in [0.5, 0.6) is 0 Å². The third-order valence-electron chi connectivity index (χ3n) is 3.73. The van der Waals surface area contributed by atoms with Crippen LogP contribution in [0, 0.1) is 12.7 Å². The van der Waals surface area contributed by atoms with Gasteiger partial charge in [-0.05, 0) is 36.8 Å². The van der Waals surface area contributed by atoms with Crippen LogP contribution in [0.3, 0.4) is 0 Å². The number of rotatable bonds is 5. The van der Waals surface area contributed by atoms with Gasteiger partial charge in [0.25, 0.3) is 5.91 Å². The summed E-state index contributed by atoms with van der Waals surface area (Å²) in [6.07, 6.45) is 1.27. The number of aromatic nitrogens is 2. The van der Waals surface area contributed by atoms with E-state index in [-0.39, 0.29) is 17.1 Å². The van der Waals surface area contributed by atoms with Crippen LogP contribution >= 0.6 is 11.6 Å². The van der Waals surface area contributed by atoms with Gasteiger partial charge < -0.3 is 11.1 Å². The highest BCUT2D eigenvalue weighted by Gasteiger charge is 2.13. The molecule has 3 rings (SSSR count). The van der Waals surface area contributed by atoms with Crippen molar-refractivity contribution in [1.29, 1.82) is 0 Å². The summed E-state index contributed by atoms with van der Waals surface area (Å²) in [6.45, 7) is 1.89. The Morgan fingerprint density at radius 2 is 1.89 bits per heavy atom. The molecule has 5 N–H and O–H groups in total. The molecule has 0 aliphatic carbocycles. The lowest BCUT2D eigenvalue weighted by molar-refractivity contribution is 0.0958. The summed E-state index contributed by atoms with van der Waals surface area (Å²) in [5.41, 5.74) is 12.7. The molecule has 27 heavy (non-hydrogen) atoms. The number of aryl methyl sites for hydroxylation is 1. The molecule has 1 aromatic heterocycles. The van der Waals surface area contributed by atoms with Gasteiger partial charge in [0.05, 0.1) is 5.56 Å². The van der Waals surface area contributed by atoms with Gasteiger partial charge in [0.15, 0.2) is 11.6 Å². The van der Waals surface area contributed by atoms with Gasteiger partial charge in [-0.15, -0.1) is 0 Å². The van der Waals surface area contributed by atoms with Gasteiger partial charge in [-0.3, -0.25) is 15.6 Å². The van der Waals surface area contributed by atoms with Crippen molar-refractivity contribution in [2.24, 2.45) is 0 Å². The molecule has 0 saturated carbocycles. The van der Waals surface area contributed by atoms with Crippen molar-refractivity contribution in [2.75, 3.05) is 16.5 Å². The summed E-state index contributed by atoms with van der Waals surface area (Å²) in [4.78, 5) is 20.1. The van der Waals surface area contributed by atoms with E-state index in [4.69, 9.17) is 17.3 Å². The Morgan fingerprint density at radius 3 is 2.63 bits per heavy atom. The quantitative estimate of drug-likeness (QED) is 0.499. The molecule has 2 aromatic carbocycles. The largest absolute Gasteiger partial charge is 0.393 e. The van der Waals surface area contributed by atoms with Gasteiger partial charge in [0.2, 0.25) is 0 Å². The van der Waals surface area contributed by atoms with E-state index in [0.717, 1.165) is 5.56 Å². The molecule has 3 aromatic rings. The Hall–Kier alpha value is -3.39. The summed E-state index contributed by atoms with van der Waals surface area (Å²) in [5.74, 6) is -0.806. The average molecular weight is 387 g/mol. The number of hydrogen-bond donors (Lipinski definition) is 4. The average Bonchev–Trinajstić information content (AvgIpc) is 2.65. The molecule has 0 saturated heterocycles. The molecule has 1 heterocycles. The fourth-order valence-corrected chi connectivity index (χ4v) is 2.41. The van der Waals surface area contributed by atoms with Crippen LogP contribution in [0.25, 0.3) is 0 Å². The number of nitrogens with two attached hydrogens (primary N) is 1. The zero-order valence-electron chi connectivity index (χ0n) is 14.3. The second kappa shape index (κ2) is 7.88. The molecule has 138 valence electrons. The molecule has 0 fully saturated rings. The number of hydrazine groups is 1. The van der Waals surface area contributed by atoms with Crippen LogP contribution in [-0.4, -0.2) is 15.9 Å². The van der Waals surface area contributed by atoms with Gasteiger partial charge in [-0.25, -0.2) is 14.4 Å². The zero-order valence-corrected chi connectivity index (χ0v) is 15.0. The third-order valence-corrected chi connectivity index (χ3v) is 4.14. The topological polar surface area (TPSA) is 105 Å². The summed E-state index contributed by atoms with van der Waals surface area (Å²) < 4.78 is 13.7. The van der Waals surface area contributed by atoms with Gasteiger partial charge >= 0.3 is 0 Å². The number of halogens is 2. The molecule has 9 heteroatoms. The lowest BCUT2D eigenvalue weighted by Crippen LogP contribution is -2.31.